The first-order valence-electron chi connectivity index (χ1n) is 17.7. The van der Waals surface area contributed by atoms with Gasteiger partial charge in [-0.05, 0) is 19.3 Å². The minimum atomic E-state index is -0.109. The third-order valence-electron chi connectivity index (χ3n) is 8.27. The molecule has 0 aromatic carbocycles. The van der Waals surface area contributed by atoms with Crippen LogP contribution in [0.3, 0.4) is 0 Å². The number of unbranched alkanes of at least 4 members (excludes halogenated alkanes) is 24. The van der Waals surface area contributed by atoms with E-state index >= 15 is 0 Å². The van der Waals surface area contributed by atoms with Gasteiger partial charge < -0.3 is 14.2 Å². The van der Waals surface area contributed by atoms with E-state index in [1.807, 2.05) is 0 Å². The van der Waals surface area contributed by atoms with E-state index in [1.165, 1.54) is 148 Å². The number of esters is 1. The molecule has 0 amide bonds. The molecule has 0 spiro atoms. The first-order valence-corrected chi connectivity index (χ1v) is 17.7. The molecule has 0 aliphatic carbocycles. The standard InChI is InChI=1S/C35H68O4/c1-3-5-7-9-11-13-15-17-19-21-23-25-27-29-34(36)37-31-33-32-38-35(39-33)30-28-26-24-22-20-18-16-14-12-10-8-6-4-2/h33,35H,3-32H2,1-2H3. The molecule has 0 radical (unpaired) electrons. The van der Waals surface area contributed by atoms with E-state index in [2.05, 4.69) is 13.8 Å². The molecule has 0 aromatic heterocycles. The monoisotopic (exact) mass is 553 g/mol. The van der Waals surface area contributed by atoms with Crippen molar-refractivity contribution in [3.63, 3.8) is 0 Å². The smallest absolute Gasteiger partial charge is 0.305 e. The molecule has 0 saturated carbocycles. The van der Waals surface area contributed by atoms with Gasteiger partial charge in [-0.15, -0.1) is 0 Å². The molecule has 4 heteroatoms. The van der Waals surface area contributed by atoms with Crippen molar-refractivity contribution in [2.24, 2.45) is 0 Å². The molecule has 2 unspecified atom stereocenters. The number of carbonyl (C=O) groups excluding carboxylic acids is 1. The van der Waals surface area contributed by atoms with E-state index in [0.29, 0.717) is 19.6 Å². The van der Waals surface area contributed by atoms with Crippen molar-refractivity contribution < 1.29 is 19.0 Å². The van der Waals surface area contributed by atoms with Gasteiger partial charge in [0.25, 0.3) is 0 Å². The fourth-order valence-corrected chi connectivity index (χ4v) is 5.62. The second-order valence-electron chi connectivity index (χ2n) is 12.2. The third-order valence-corrected chi connectivity index (χ3v) is 8.27. The summed E-state index contributed by atoms with van der Waals surface area (Å²) in [5, 5.41) is 0. The Morgan fingerprint density at radius 2 is 0.949 bits per heavy atom. The zero-order valence-electron chi connectivity index (χ0n) is 26.5. The van der Waals surface area contributed by atoms with Crippen molar-refractivity contribution in [1.82, 2.24) is 0 Å². The van der Waals surface area contributed by atoms with Gasteiger partial charge in [-0.1, -0.05) is 168 Å². The van der Waals surface area contributed by atoms with Gasteiger partial charge in [0.15, 0.2) is 6.29 Å². The zero-order valence-corrected chi connectivity index (χ0v) is 26.5. The fourth-order valence-electron chi connectivity index (χ4n) is 5.62. The summed E-state index contributed by atoms with van der Waals surface area (Å²) in [5.74, 6) is -0.0818. The van der Waals surface area contributed by atoms with E-state index in [1.54, 1.807) is 0 Å². The molecule has 1 heterocycles. The summed E-state index contributed by atoms with van der Waals surface area (Å²) < 4.78 is 17.2. The van der Waals surface area contributed by atoms with Crippen LogP contribution >= 0.6 is 0 Å². The zero-order chi connectivity index (χ0) is 28.1. The van der Waals surface area contributed by atoms with Gasteiger partial charge in [-0.2, -0.15) is 0 Å². The molecule has 0 aromatic rings. The van der Waals surface area contributed by atoms with Gasteiger partial charge in [0.1, 0.15) is 12.7 Å². The van der Waals surface area contributed by atoms with E-state index in [4.69, 9.17) is 14.2 Å². The number of hydrogen-bond acceptors (Lipinski definition) is 4. The lowest BCUT2D eigenvalue weighted by molar-refractivity contribution is -0.148. The molecule has 4 nitrogen and oxygen atoms in total. The summed E-state index contributed by atoms with van der Waals surface area (Å²) in [4.78, 5) is 12.1. The maximum Gasteiger partial charge on any atom is 0.305 e. The van der Waals surface area contributed by atoms with Gasteiger partial charge >= 0.3 is 5.97 Å². The Labute approximate surface area is 244 Å². The predicted molar refractivity (Wildman–Crippen MR) is 166 cm³/mol. The van der Waals surface area contributed by atoms with Gasteiger partial charge in [0.05, 0.1) is 6.61 Å². The SMILES string of the molecule is CCCCCCCCCCCCCCCC(=O)OCC1COC(CCCCCCCCCCCCCCC)O1. The Balaban J connectivity index is 1.81. The maximum atomic E-state index is 12.1. The number of rotatable bonds is 30. The van der Waals surface area contributed by atoms with Crippen LogP contribution in [0.2, 0.25) is 0 Å². The van der Waals surface area contributed by atoms with Crippen LogP contribution in [-0.4, -0.2) is 31.6 Å². The first-order chi connectivity index (χ1) is 19.3. The molecule has 0 bridgehead atoms. The Morgan fingerprint density at radius 3 is 1.38 bits per heavy atom. The molecule has 0 N–H and O–H groups in total. The summed E-state index contributed by atoms with van der Waals surface area (Å²) in [6, 6.07) is 0. The van der Waals surface area contributed by atoms with Crippen LogP contribution < -0.4 is 0 Å². The normalized spacial score (nSPS) is 17.2. The van der Waals surface area contributed by atoms with Crippen LogP contribution in [0.15, 0.2) is 0 Å². The summed E-state index contributed by atoms with van der Waals surface area (Å²) in [6.07, 6.45) is 36.2. The Bertz CT molecular complexity index is 509. The fraction of sp³-hybridized carbons (Fsp3) is 0.971. The number of ether oxygens (including phenoxy) is 3. The topological polar surface area (TPSA) is 44.8 Å². The third kappa shape index (κ3) is 24.9. The summed E-state index contributed by atoms with van der Waals surface area (Å²) in [7, 11) is 0. The average molecular weight is 553 g/mol. The minimum absolute atomic E-state index is 0.0818. The van der Waals surface area contributed by atoms with Gasteiger partial charge in [-0.3, -0.25) is 4.79 Å². The first kappa shape index (κ1) is 36.4. The van der Waals surface area contributed by atoms with Crippen molar-refractivity contribution in [2.75, 3.05) is 13.2 Å². The van der Waals surface area contributed by atoms with E-state index in [9.17, 15) is 4.79 Å². The highest BCUT2D eigenvalue weighted by Gasteiger charge is 2.26. The van der Waals surface area contributed by atoms with Crippen LogP contribution in [0.5, 0.6) is 0 Å². The summed E-state index contributed by atoms with van der Waals surface area (Å²) in [6.45, 7) is 5.45. The van der Waals surface area contributed by atoms with Crippen molar-refractivity contribution in [1.29, 1.82) is 0 Å². The molecule has 1 fully saturated rings. The van der Waals surface area contributed by atoms with Crippen LogP contribution in [0.4, 0.5) is 0 Å². The molecule has 232 valence electrons. The highest BCUT2D eigenvalue weighted by molar-refractivity contribution is 5.69. The molecular weight excluding hydrogens is 484 g/mol. The van der Waals surface area contributed by atoms with Crippen LogP contribution in [0.25, 0.3) is 0 Å². The van der Waals surface area contributed by atoms with Gasteiger partial charge in [-0.25, -0.2) is 0 Å². The van der Waals surface area contributed by atoms with E-state index in [0.717, 1.165) is 25.7 Å². The van der Waals surface area contributed by atoms with Crippen molar-refractivity contribution in [2.45, 2.75) is 206 Å². The predicted octanol–water partition coefficient (Wildman–Crippen LogP) is 11.2. The lowest BCUT2D eigenvalue weighted by Gasteiger charge is -2.12. The van der Waals surface area contributed by atoms with Crippen LogP contribution in [0, 0.1) is 0 Å². The van der Waals surface area contributed by atoms with Gasteiger partial charge in [0.2, 0.25) is 0 Å². The van der Waals surface area contributed by atoms with E-state index in [-0.39, 0.29) is 18.4 Å². The lowest BCUT2D eigenvalue weighted by Crippen LogP contribution is -2.21. The average Bonchev–Trinajstić information content (AvgIpc) is 3.40. The van der Waals surface area contributed by atoms with Crippen molar-refractivity contribution >= 4 is 5.97 Å². The molecule has 1 aliphatic rings. The minimum Gasteiger partial charge on any atom is -0.463 e. The largest absolute Gasteiger partial charge is 0.463 e. The molecule has 1 saturated heterocycles. The van der Waals surface area contributed by atoms with Crippen LogP contribution in [-0.2, 0) is 19.0 Å². The maximum absolute atomic E-state index is 12.1. The van der Waals surface area contributed by atoms with Crippen molar-refractivity contribution in [3.8, 4) is 0 Å². The second kappa shape index (κ2) is 28.9. The Hall–Kier alpha value is -0.610. The highest BCUT2D eigenvalue weighted by atomic mass is 16.7. The Morgan fingerprint density at radius 1 is 0.564 bits per heavy atom. The second-order valence-corrected chi connectivity index (χ2v) is 12.2. The number of carbonyl (C=O) groups is 1. The molecule has 1 aliphatic heterocycles. The quantitative estimate of drug-likeness (QED) is 0.0656. The summed E-state index contributed by atoms with van der Waals surface area (Å²) >= 11 is 0. The molecule has 2 atom stereocenters. The van der Waals surface area contributed by atoms with Gasteiger partial charge in [0, 0.05) is 6.42 Å². The molecule has 39 heavy (non-hydrogen) atoms. The number of hydrogen-bond donors (Lipinski definition) is 0. The van der Waals surface area contributed by atoms with E-state index < -0.39 is 0 Å². The Kier molecular flexibility index (Phi) is 27.0. The van der Waals surface area contributed by atoms with Crippen molar-refractivity contribution in [3.05, 3.63) is 0 Å². The molecular formula is C35H68O4. The highest BCUT2D eigenvalue weighted by Crippen LogP contribution is 2.19. The summed E-state index contributed by atoms with van der Waals surface area (Å²) in [5.41, 5.74) is 0. The molecule has 1 rings (SSSR count). The van der Waals surface area contributed by atoms with Crippen LogP contribution in [0.1, 0.15) is 194 Å². The lowest BCUT2D eigenvalue weighted by atomic mass is 10.0.